The number of hydrogen-bond acceptors (Lipinski definition) is 6. The number of hydrogen-bond donors (Lipinski definition) is 1. The van der Waals surface area contributed by atoms with Gasteiger partial charge in [0.25, 0.3) is 0 Å². The Bertz CT molecular complexity index is 1190. The average Bonchev–Trinajstić information content (AvgIpc) is 3.20. The van der Waals surface area contributed by atoms with Crippen LogP contribution in [0.5, 0.6) is 0 Å². The Labute approximate surface area is 208 Å². The second-order valence-electron chi connectivity index (χ2n) is 8.16. The number of carbonyl (C=O) groups is 2. The predicted molar refractivity (Wildman–Crippen MR) is 137 cm³/mol. The Balaban J connectivity index is 1.89. The molecule has 8 heteroatoms. The molecule has 2 aliphatic heterocycles. The number of halogens is 1. The zero-order chi connectivity index (χ0) is 24.2. The molecule has 2 aromatic carbocycles. The van der Waals surface area contributed by atoms with Crippen molar-refractivity contribution < 1.29 is 14.3 Å². The van der Waals surface area contributed by atoms with Crippen molar-refractivity contribution in [3.05, 3.63) is 87.4 Å². The third-order valence-corrected chi connectivity index (χ3v) is 6.58. The maximum absolute atomic E-state index is 13.4. The Morgan fingerprint density at radius 3 is 2.53 bits per heavy atom. The van der Waals surface area contributed by atoms with Crippen molar-refractivity contribution in [2.45, 2.75) is 39.3 Å². The highest BCUT2D eigenvalue weighted by atomic mass is 35.5. The normalized spacial score (nSPS) is 17.3. The zero-order valence-electron chi connectivity index (χ0n) is 19.2. The summed E-state index contributed by atoms with van der Waals surface area (Å²) in [6.07, 6.45) is 0.155. The molecule has 0 spiro atoms. The largest absolute Gasteiger partial charge is 0.463 e. The van der Waals surface area contributed by atoms with E-state index in [1.807, 2.05) is 72.7 Å². The minimum Gasteiger partial charge on any atom is -0.463 e. The van der Waals surface area contributed by atoms with Crippen LogP contribution >= 0.6 is 23.4 Å². The van der Waals surface area contributed by atoms with E-state index in [4.69, 9.17) is 21.3 Å². The lowest BCUT2D eigenvalue weighted by Gasteiger charge is -2.37. The Kier molecular flexibility index (Phi) is 7.44. The Morgan fingerprint density at radius 1 is 1.15 bits per heavy atom. The van der Waals surface area contributed by atoms with E-state index < -0.39 is 12.0 Å². The van der Waals surface area contributed by atoms with Crippen LogP contribution in [0.1, 0.15) is 44.4 Å². The maximum atomic E-state index is 13.4. The average molecular weight is 496 g/mol. The molecule has 4 rings (SSSR count). The summed E-state index contributed by atoms with van der Waals surface area (Å²) in [7, 11) is 0. The van der Waals surface area contributed by atoms with E-state index in [0.717, 1.165) is 16.8 Å². The monoisotopic (exact) mass is 495 g/mol. The molecular formula is C26H26ClN3O3S. The zero-order valence-corrected chi connectivity index (χ0v) is 20.8. The molecule has 0 radical (unpaired) electrons. The molecule has 0 aliphatic carbocycles. The van der Waals surface area contributed by atoms with Gasteiger partial charge in [0, 0.05) is 22.3 Å². The van der Waals surface area contributed by atoms with E-state index >= 15 is 0 Å². The summed E-state index contributed by atoms with van der Waals surface area (Å²) in [5.41, 5.74) is 3.24. The fourth-order valence-electron chi connectivity index (χ4n) is 4.02. The van der Waals surface area contributed by atoms with Gasteiger partial charge in [0.05, 0.1) is 30.3 Å². The number of carbonyl (C=O) groups excluding carboxylic acids is 2. The summed E-state index contributed by atoms with van der Waals surface area (Å²) in [4.78, 5) is 32.9. The molecule has 2 aliphatic rings. The molecule has 0 aromatic heterocycles. The van der Waals surface area contributed by atoms with Gasteiger partial charge in [-0.3, -0.25) is 4.79 Å². The number of nitrogens with zero attached hydrogens (tertiary/aromatic N) is 2. The number of amides is 1. The molecule has 2 heterocycles. The molecule has 1 amide bonds. The van der Waals surface area contributed by atoms with Gasteiger partial charge >= 0.3 is 5.97 Å². The molecule has 34 heavy (non-hydrogen) atoms. The standard InChI is InChI=1S/C26H26ClN3O3S/c1-4-33-25(32)22-23(17-10-6-5-7-11-17)29-26-30(24(22)19-12-8-9-13-20(19)27)18(15-34-26)14-21(31)28-16(2)3/h5-13,15-16,24H,4,14H2,1-3H3,(H,28,31). The molecule has 176 valence electrons. The Hall–Kier alpha value is -3.03. The third kappa shape index (κ3) is 4.91. The second kappa shape index (κ2) is 10.5. The van der Waals surface area contributed by atoms with Crippen molar-refractivity contribution in [2.75, 3.05) is 6.61 Å². The van der Waals surface area contributed by atoms with Crippen LogP contribution in [0.2, 0.25) is 5.02 Å². The highest BCUT2D eigenvalue weighted by Gasteiger charge is 2.43. The number of thioether (sulfide) groups is 1. The number of benzene rings is 2. The summed E-state index contributed by atoms with van der Waals surface area (Å²) >= 11 is 8.09. The summed E-state index contributed by atoms with van der Waals surface area (Å²) in [6.45, 7) is 5.84. The third-order valence-electron chi connectivity index (χ3n) is 5.34. The van der Waals surface area contributed by atoms with Crippen molar-refractivity contribution >= 4 is 46.1 Å². The van der Waals surface area contributed by atoms with Gasteiger partial charge in [0.15, 0.2) is 5.17 Å². The molecule has 0 fully saturated rings. The lowest BCUT2D eigenvalue weighted by atomic mass is 9.91. The molecule has 2 aromatic rings. The summed E-state index contributed by atoms with van der Waals surface area (Å²) in [5, 5.41) is 6.05. The number of ether oxygens (including phenoxy) is 1. The predicted octanol–water partition coefficient (Wildman–Crippen LogP) is 5.53. The van der Waals surface area contributed by atoms with Gasteiger partial charge in [-0.25, -0.2) is 9.79 Å². The van der Waals surface area contributed by atoms with Crippen LogP contribution in [0.3, 0.4) is 0 Å². The number of esters is 1. The molecular weight excluding hydrogens is 470 g/mol. The summed E-state index contributed by atoms with van der Waals surface area (Å²) in [5.74, 6) is -0.562. The highest BCUT2D eigenvalue weighted by Crippen LogP contribution is 2.48. The lowest BCUT2D eigenvalue weighted by Crippen LogP contribution is -2.39. The van der Waals surface area contributed by atoms with E-state index in [-0.39, 0.29) is 25.0 Å². The molecule has 1 N–H and O–H groups in total. The van der Waals surface area contributed by atoms with E-state index in [0.29, 0.717) is 21.5 Å². The number of amidine groups is 1. The van der Waals surface area contributed by atoms with Gasteiger partial charge in [-0.1, -0.05) is 71.9 Å². The van der Waals surface area contributed by atoms with E-state index in [2.05, 4.69) is 5.32 Å². The van der Waals surface area contributed by atoms with Crippen LogP contribution in [-0.2, 0) is 14.3 Å². The minimum atomic E-state index is -0.594. The lowest BCUT2D eigenvalue weighted by molar-refractivity contribution is -0.139. The number of fused-ring (bicyclic) bond motifs is 1. The first-order valence-corrected chi connectivity index (χ1v) is 12.4. The van der Waals surface area contributed by atoms with Crippen LogP contribution < -0.4 is 5.32 Å². The highest BCUT2D eigenvalue weighted by molar-refractivity contribution is 8.16. The van der Waals surface area contributed by atoms with Crippen molar-refractivity contribution in [1.82, 2.24) is 10.2 Å². The van der Waals surface area contributed by atoms with Gasteiger partial charge in [-0.2, -0.15) is 0 Å². The molecule has 6 nitrogen and oxygen atoms in total. The topological polar surface area (TPSA) is 71.0 Å². The second-order valence-corrected chi connectivity index (χ2v) is 9.41. The van der Waals surface area contributed by atoms with Crippen LogP contribution in [0.25, 0.3) is 5.70 Å². The van der Waals surface area contributed by atoms with Crippen LogP contribution in [0.15, 0.2) is 76.3 Å². The molecule has 1 unspecified atom stereocenters. The van der Waals surface area contributed by atoms with E-state index in [9.17, 15) is 9.59 Å². The van der Waals surface area contributed by atoms with Crippen LogP contribution in [0.4, 0.5) is 0 Å². The van der Waals surface area contributed by atoms with E-state index in [1.54, 1.807) is 13.0 Å². The van der Waals surface area contributed by atoms with Gasteiger partial charge in [-0.15, -0.1) is 0 Å². The molecule has 0 saturated heterocycles. The van der Waals surface area contributed by atoms with Gasteiger partial charge in [0.2, 0.25) is 5.91 Å². The van der Waals surface area contributed by atoms with Crippen molar-refractivity contribution in [2.24, 2.45) is 4.99 Å². The first-order chi connectivity index (χ1) is 16.4. The number of aliphatic imine (C=N–C) groups is 1. The van der Waals surface area contributed by atoms with Gasteiger partial charge in [0.1, 0.15) is 0 Å². The molecule has 1 atom stereocenters. The Morgan fingerprint density at radius 2 is 1.85 bits per heavy atom. The quantitative estimate of drug-likeness (QED) is 0.511. The van der Waals surface area contributed by atoms with Crippen LogP contribution in [0, 0.1) is 0 Å². The van der Waals surface area contributed by atoms with Gasteiger partial charge < -0.3 is 15.0 Å². The van der Waals surface area contributed by atoms with Crippen molar-refractivity contribution in [3.63, 3.8) is 0 Å². The van der Waals surface area contributed by atoms with Gasteiger partial charge in [-0.05, 0) is 37.8 Å². The summed E-state index contributed by atoms with van der Waals surface area (Å²) < 4.78 is 5.50. The minimum absolute atomic E-state index is 0.0238. The maximum Gasteiger partial charge on any atom is 0.338 e. The SMILES string of the molecule is CCOC(=O)C1=C(c2ccccc2)N=C2SC=C(CC(=O)NC(C)C)N2C1c1ccccc1Cl. The first kappa shape index (κ1) is 24.1. The van der Waals surface area contributed by atoms with Crippen LogP contribution in [-0.4, -0.2) is 34.6 Å². The van der Waals surface area contributed by atoms with Crippen molar-refractivity contribution in [3.8, 4) is 0 Å². The number of rotatable bonds is 7. The fourth-order valence-corrected chi connectivity index (χ4v) is 5.17. The smallest absolute Gasteiger partial charge is 0.338 e. The summed E-state index contributed by atoms with van der Waals surface area (Å²) in [6, 6.07) is 16.4. The van der Waals surface area contributed by atoms with Crippen molar-refractivity contribution in [1.29, 1.82) is 0 Å². The fraction of sp³-hybridized carbons (Fsp3) is 0.269. The molecule has 0 saturated carbocycles. The van der Waals surface area contributed by atoms with E-state index in [1.165, 1.54) is 11.8 Å². The number of nitrogens with one attached hydrogen (secondary N) is 1. The first-order valence-electron chi connectivity index (χ1n) is 11.1. The molecule has 0 bridgehead atoms.